The zero-order chi connectivity index (χ0) is 10.7. The molecule has 0 saturated carbocycles. The third-order valence-electron chi connectivity index (χ3n) is 2.08. The third kappa shape index (κ3) is 2.38. The maximum Gasteiger partial charge on any atom is 0.137 e. The molecule has 0 bridgehead atoms. The summed E-state index contributed by atoms with van der Waals surface area (Å²) in [7, 11) is 1.54. The first-order valence-electron chi connectivity index (χ1n) is 4.33. The van der Waals surface area contributed by atoms with Gasteiger partial charge in [0.25, 0.3) is 0 Å². The number of hydrogen-bond donors (Lipinski definition) is 2. The van der Waals surface area contributed by atoms with Crippen molar-refractivity contribution in [1.82, 2.24) is 0 Å². The number of aliphatic hydroxyl groups excluding tert-OH is 1. The van der Waals surface area contributed by atoms with Gasteiger partial charge in [-0.25, -0.2) is 0 Å². The summed E-state index contributed by atoms with van der Waals surface area (Å²) in [6, 6.07) is 4.81. The molecule has 4 heteroatoms. The summed E-state index contributed by atoms with van der Waals surface area (Å²) in [6.07, 6.45) is -0.596. The summed E-state index contributed by atoms with van der Waals surface area (Å²) in [4.78, 5) is 0. The molecule has 0 fully saturated rings. The molecule has 2 atom stereocenters. The number of aliphatic hydroxyl groups is 1. The number of nitrogens with two attached hydrogens (primary N) is 1. The van der Waals surface area contributed by atoms with Gasteiger partial charge in [0.2, 0.25) is 0 Å². The van der Waals surface area contributed by atoms with E-state index < -0.39 is 12.1 Å². The van der Waals surface area contributed by atoms with Gasteiger partial charge in [-0.1, -0.05) is 17.7 Å². The first-order valence-corrected chi connectivity index (χ1v) is 4.71. The molecule has 0 spiro atoms. The van der Waals surface area contributed by atoms with Crippen LogP contribution < -0.4 is 10.5 Å². The predicted octanol–water partition coefficient (Wildman–Crippen LogP) is 1.73. The Balaban J connectivity index is 3.00. The molecular formula is C10H14ClNO2. The minimum Gasteiger partial charge on any atom is -0.495 e. The molecule has 0 aromatic heterocycles. The van der Waals surface area contributed by atoms with Gasteiger partial charge in [0.05, 0.1) is 24.3 Å². The van der Waals surface area contributed by atoms with Crippen molar-refractivity contribution in [3.63, 3.8) is 0 Å². The SMILES string of the molecule is COc1cc([C@@H](N)[C@@H](C)O)ccc1Cl. The van der Waals surface area contributed by atoms with Gasteiger partial charge in [0.1, 0.15) is 5.75 Å². The second-order valence-corrected chi connectivity index (χ2v) is 3.57. The van der Waals surface area contributed by atoms with Crippen molar-refractivity contribution in [2.24, 2.45) is 5.73 Å². The molecule has 3 nitrogen and oxygen atoms in total. The van der Waals surface area contributed by atoms with Crippen LogP contribution in [0.25, 0.3) is 0 Å². The molecule has 78 valence electrons. The summed E-state index contributed by atoms with van der Waals surface area (Å²) < 4.78 is 5.05. The van der Waals surface area contributed by atoms with Crippen molar-refractivity contribution in [2.75, 3.05) is 7.11 Å². The predicted molar refractivity (Wildman–Crippen MR) is 56.6 cm³/mol. The second-order valence-electron chi connectivity index (χ2n) is 3.16. The minimum atomic E-state index is -0.596. The number of halogens is 1. The van der Waals surface area contributed by atoms with Gasteiger partial charge in [0, 0.05) is 0 Å². The van der Waals surface area contributed by atoms with Crippen LogP contribution >= 0.6 is 11.6 Å². The third-order valence-corrected chi connectivity index (χ3v) is 2.39. The number of benzene rings is 1. The average molecular weight is 216 g/mol. The highest BCUT2D eigenvalue weighted by Gasteiger charge is 2.13. The van der Waals surface area contributed by atoms with Crippen LogP contribution in [-0.2, 0) is 0 Å². The van der Waals surface area contributed by atoms with Crippen molar-refractivity contribution >= 4 is 11.6 Å². The first-order chi connectivity index (χ1) is 6.56. The topological polar surface area (TPSA) is 55.5 Å². The Labute approximate surface area is 88.4 Å². The molecule has 14 heavy (non-hydrogen) atoms. The van der Waals surface area contributed by atoms with Gasteiger partial charge in [-0.15, -0.1) is 0 Å². The molecule has 0 saturated heterocycles. The fraction of sp³-hybridized carbons (Fsp3) is 0.400. The summed E-state index contributed by atoms with van der Waals surface area (Å²) >= 11 is 5.85. The zero-order valence-corrected chi connectivity index (χ0v) is 8.95. The lowest BCUT2D eigenvalue weighted by Crippen LogP contribution is -2.23. The van der Waals surface area contributed by atoms with E-state index in [9.17, 15) is 5.11 Å². The Kier molecular flexibility index (Phi) is 3.75. The highest BCUT2D eigenvalue weighted by Crippen LogP contribution is 2.27. The van der Waals surface area contributed by atoms with Gasteiger partial charge in [-0.2, -0.15) is 0 Å². The number of ether oxygens (including phenoxy) is 1. The highest BCUT2D eigenvalue weighted by atomic mass is 35.5. The fourth-order valence-electron chi connectivity index (χ4n) is 1.16. The van der Waals surface area contributed by atoms with Crippen LogP contribution in [0.3, 0.4) is 0 Å². The van der Waals surface area contributed by atoms with E-state index in [1.165, 1.54) is 0 Å². The van der Waals surface area contributed by atoms with Crippen molar-refractivity contribution in [3.05, 3.63) is 28.8 Å². The van der Waals surface area contributed by atoms with Crippen LogP contribution in [0.2, 0.25) is 5.02 Å². The van der Waals surface area contributed by atoms with E-state index in [0.29, 0.717) is 10.8 Å². The van der Waals surface area contributed by atoms with Crippen LogP contribution in [0.4, 0.5) is 0 Å². The zero-order valence-electron chi connectivity index (χ0n) is 8.20. The van der Waals surface area contributed by atoms with Gasteiger partial charge in [-0.05, 0) is 24.6 Å². The standard InChI is InChI=1S/C10H14ClNO2/c1-6(13)10(12)7-3-4-8(11)9(5-7)14-2/h3-6,10,13H,12H2,1-2H3/t6-,10+/m1/s1. The highest BCUT2D eigenvalue weighted by molar-refractivity contribution is 6.32. The van der Waals surface area contributed by atoms with E-state index in [2.05, 4.69) is 0 Å². The molecule has 0 heterocycles. The molecule has 1 aromatic rings. The normalized spacial score (nSPS) is 14.9. The Morgan fingerprint density at radius 3 is 2.64 bits per heavy atom. The first kappa shape index (κ1) is 11.3. The van der Waals surface area contributed by atoms with E-state index in [-0.39, 0.29) is 0 Å². The molecular weight excluding hydrogens is 202 g/mol. The smallest absolute Gasteiger partial charge is 0.137 e. The van der Waals surface area contributed by atoms with E-state index >= 15 is 0 Å². The molecule has 3 N–H and O–H groups in total. The molecule has 1 aromatic carbocycles. The quantitative estimate of drug-likeness (QED) is 0.808. The maximum absolute atomic E-state index is 9.31. The van der Waals surface area contributed by atoms with Crippen LogP contribution in [0.5, 0.6) is 5.75 Å². The molecule has 0 aliphatic heterocycles. The average Bonchev–Trinajstić information content (AvgIpc) is 2.17. The minimum absolute atomic E-state index is 0.416. The Morgan fingerprint density at radius 2 is 2.14 bits per heavy atom. The monoisotopic (exact) mass is 215 g/mol. The van der Waals surface area contributed by atoms with E-state index in [1.807, 2.05) is 0 Å². The Morgan fingerprint density at radius 1 is 1.50 bits per heavy atom. The maximum atomic E-state index is 9.31. The van der Waals surface area contributed by atoms with Gasteiger partial charge in [-0.3, -0.25) is 0 Å². The van der Waals surface area contributed by atoms with Crippen LogP contribution in [0.1, 0.15) is 18.5 Å². The van der Waals surface area contributed by atoms with Crippen molar-refractivity contribution in [2.45, 2.75) is 19.1 Å². The van der Waals surface area contributed by atoms with E-state index in [1.54, 1.807) is 32.2 Å². The van der Waals surface area contributed by atoms with Crippen molar-refractivity contribution in [1.29, 1.82) is 0 Å². The molecule has 0 aliphatic rings. The lowest BCUT2D eigenvalue weighted by molar-refractivity contribution is 0.164. The fourth-order valence-corrected chi connectivity index (χ4v) is 1.36. The van der Waals surface area contributed by atoms with Crippen LogP contribution in [0.15, 0.2) is 18.2 Å². The van der Waals surface area contributed by atoms with Crippen molar-refractivity contribution < 1.29 is 9.84 Å². The second kappa shape index (κ2) is 4.64. The lowest BCUT2D eigenvalue weighted by Gasteiger charge is -2.16. The lowest BCUT2D eigenvalue weighted by atomic mass is 10.0. The van der Waals surface area contributed by atoms with Crippen LogP contribution in [0, 0.1) is 0 Å². The largest absolute Gasteiger partial charge is 0.495 e. The molecule has 0 unspecified atom stereocenters. The van der Waals surface area contributed by atoms with Gasteiger partial charge < -0.3 is 15.6 Å². The number of hydrogen-bond acceptors (Lipinski definition) is 3. The summed E-state index contributed by atoms with van der Waals surface area (Å²) in [5.74, 6) is 0.570. The van der Waals surface area contributed by atoms with E-state index in [4.69, 9.17) is 22.1 Å². The summed E-state index contributed by atoms with van der Waals surface area (Å²) in [5, 5.41) is 9.84. The molecule has 0 radical (unpaired) electrons. The Bertz CT molecular complexity index is 315. The number of methoxy groups -OCH3 is 1. The number of rotatable bonds is 3. The molecule has 0 amide bonds. The summed E-state index contributed by atoms with van der Waals surface area (Å²) in [6.45, 7) is 1.64. The summed E-state index contributed by atoms with van der Waals surface area (Å²) in [5.41, 5.74) is 6.57. The Hall–Kier alpha value is -0.770. The van der Waals surface area contributed by atoms with Crippen molar-refractivity contribution in [3.8, 4) is 5.75 Å². The van der Waals surface area contributed by atoms with Gasteiger partial charge in [0.15, 0.2) is 0 Å². The molecule has 1 rings (SSSR count). The molecule has 0 aliphatic carbocycles. The van der Waals surface area contributed by atoms with Gasteiger partial charge >= 0.3 is 0 Å². The van der Waals surface area contributed by atoms with Crippen LogP contribution in [-0.4, -0.2) is 18.3 Å². The van der Waals surface area contributed by atoms with E-state index in [0.717, 1.165) is 5.56 Å².